The van der Waals surface area contributed by atoms with Crippen molar-refractivity contribution in [3.8, 4) is 16.9 Å². The summed E-state index contributed by atoms with van der Waals surface area (Å²) in [6, 6.07) is 24.2. The molecule has 4 rings (SSSR count). The van der Waals surface area contributed by atoms with E-state index in [1.54, 1.807) is 19.2 Å². The van der Waals surface area contributed by atoms with Gasteiger partial charge >= 0.3 is 5.97 Å². The number of para-hydroxylation sites is 1. The van der Waals surface area contributed by atoms with Crippen LogP contribution in [0.25, 0.3) is 11.1 Å². The fraction of sp³-hybridized carbons (Fsp3) is 0.207. The molecule has 36 heavy (non-hydrogen) atoms. The monoisotopic (exact) mass is 483 g/mol. The van der Waals surface area contributed by atoms with Crippen molar-refractivity contribution in [2.45, 2.75) is 32.6 Å². The van der Waals surface area contributed by atoms with Crippen LogP contribution in [0.15, 0.2) is 89.7 Å². The van der Waals surface area contributed by atoms with Gasteiger partial charge in [-0.25, -0.2) is 5.01 Å². The summed E-state index contributed by atoms with van der Waals surface area (Å²) in [5, 5.41) is 28.1. The summed E-state index contributed by atoms with van der Waals surface area (Å²) in [5.41, 5.74) is 5.77. The third-order valence-electron chi connectivity index (χ3n) is 6.12. The summed E-state index contributed by atoms with van der Waals surface area (Å²) in [6.07, 6.45) is 3.30. The molecule has 3 aromatic rings. The van der Waals surface area contributed by atoms with Gasteiger partial charge in [0.1, 0.15) is 5.75 Å². The molecule has 3 N–H and O–H groups in total. The highest BCUT2D eigenvalue weighted by Crippen LogP contribution is 2.29. The molecule has 0 saturated heterocycles. The molecule has 3 aromatic carbocycles. The van der Waals surface area contributed by atoms with Crippen LogP contribution >= 0.6 is 0 Å². The number of carbonyl (C=O) groups is 2. The molecular weight excluding hydrogens is 454 g/mol. The minimum atomic E-state index is -0.903. The molecule has 1 amide bonds. The van der Waals surface area contributed by atoms with Gasteiger partial charge in [-0.1, -0.05) is 66.7 Å². The molecule has 0 aromatic heterocycles. The largest absolute Gasteiger partial charge is 0.505 e. The Kier molecular flexibility index (Phi) is 7.80. The molecule has 1 aliphatic heterocycles. The number of carboxylic acids is 1. The number of amides is 1. The lowest BCUT2D eigenvalue weighted by Gasteiger charge is -2.12. The second-order valence-electron chi connectivity index (χ2n) is 8.69. The maximum atomic E-state index is 12.6. The Hall–Kier alpha value is -4.39. The lowest BCUT2D eigenvalue weighted by atomic mass is 10.00. The fourth-order valence-corrected chi connectivity index (χ4v) is 4.10. The number of nitrogens with zero attached hydrogens (tertiary/aromatic N) is 2. The minimum absolute atomic E-state index is 0.0204. The van der Waals surface area contributed by atoms with Gasteiger partial charge in [0.25, 0.3) is 5.91 Å². The highest BCUT2D eigenvalue weighted by molar-refractivity contribution is 6.24. The molecule has 1 heterocycles. The van der Waals surface area contributed by atoms with Crippen LogP contribution in [-0.2, 0) is 22.4 Å². The number of aliphatic carboxylic acids is 1. The van der Waals surface area contributed by atoms with Crippen LogP contribution in [0.2, 0.25) is 0 Å². The smallest absolute Gasteiger partial charge is 0.303 e. The molecule has 0 unspecified atom stereocenters. The zero-order chi connectivity index (χ0) is 25.5. The first-order valence-electron chi connectivity index (χ1n) is 11.9. The highest BCUT2D eigenvalue weighted by atomic mass is 16.4. The predicted octanol–water partition coefficient (Wildman–Crippen LogP) is 5.22. The van der Waals surface area contributed by atoms with E-state index < -0.39 is 5.97 Å². The molecule has 184 valence electrons. The lowest BCUT2D eigenvalue weighted by Crippen LogP contribution is -2.24. The standard InChI is InChI=1S/C29H29N3O4/c1-20-25(29(36)32(31-20)18-6-11-27(33)34)19-30-26-10-5-9-24(28(26)35)17-14-21-12-15-23(16-13-21)22-7-3-2-4-8-22/h2-5,7-10,12-13,15-16,19,30,35H,6,11,14,17-18H2,1H3,(H,33,34)/b25-19-. The Labute approximate surface area is 210 Å². The number of aromatic hydroxyl groups is 1. The zero-order valence-corrected chi connectivity index (χ0v) is 20.1. The summed E-state index contributed by atoms with van der Waals surface area (Å²) in [6.45, 7) is 1.97. The number of hydrazone groups is 1. The molecular formula is C29H29N3O4. The number of carboxylic acid groups (broad SMARTS) is 1. The Bertz CT molecular complexity index is 1300. The SMILES string of the molecule is CC1=NN(CCCC(=O)O)C(=O)/C1=C\Nc1cccc(CCc2ccc(-c3ccccc3)cc2)c1O. The number of phenols is 1. The van der Waals surface area contributed by atoms with Crippen molar-refractivity contribution in [1.29, 1.82) is 0 Å². The van der Waals surface area contributed by atoms with Gasteiger partial charge in [-0.15, -0.1) is 0 Å². The summed E-state index contributed by atoms with van der Waals surface area (Å²) in [7, 11) is 0. The molecule has 7 heteroatoms. The first-order chi connectivity index (χ1) is 17.4. The number of aryl methyl sites for hydroxylation is 2. The van der Waals surface area contributed by atoms with Gasteiger partial charge in [-0.05, 0) is 54.5 Å². The average Bonchev–Trinajstić information content (AvgIpc) is 3.15. The van der Waals surface area contributed by atoms with Gasteiger partial charge in [0, 0.05) is 19.2 Å². The first kappa shape index (κ1) is 24.7. The number of hydrogen-bond acceptors (Lipinski definition) is 5. The third kappa shape index (κ3) is 5.99. The van der Waals surface area contributed by atoms with Crippen LogP contribution in [0.4, 0.5) is 5.69 Å². The second-order valence-corrected chi connectivity index (χ2v) is 8.69. The molecule has 0 atom stereocenters. The quantitative estimate of drug-likeness (QED) is 0.271. The summed E-state index contributed by atoms with van der Waals surface area (Å²) in [5.74, 6) is -1.05. The number of anilines is 1. The van der Waals surface area contributed by atoms with Crippen LogP contribution in [0, 0.1) is 0 Å². The Morgan fingerprint density at radius 1 is 0.972 bits per heavy atom. The molecule has 0 fully saturated rings. The van der Waals surface area contributed by atoms with Crippen molar-refractivity contribution < 1.29 is 19.8 Å². The number of benzene rings is 3. The Morgan fingerprint density at radius 2 is 1.69 bits per heavy atom. The maximum Gasteiger partial charge on any atom is 0.303 e. The number of nitrogens with one attached hydrogen (secondary N) is 1. The molecule has 1 aliphatic rings. The molecule has 0 radical (unpaired) electrons. The van der Waals surface area contributed by atoms with Gasteiger partial charge in [0.2, 0.25) is 0 Å². The van der Waals surface area contributed by atoms with E-state index in [-0.39, 0.29) is 24.6 Å². The summed E-state index contributed by atoms with van der Waals surface area (Å²) < 4.78 is 0. The van der Waals surface area contributed by atoms with Gasteiger partial charge < -0.3 is 15.5 Å². The van der Waals surface area contributed by atoms with E-state index in [1.165, 1.54) is 21.7 Å². The van der Waals surface area contributed by atoms with Crippen molar-refractivity contribution in [1.82, 2.24) is 5.01 Å². The molecule has 0 aliphatic carbocycles. The van der Waals surface area contributed by atoms with E-state index in [1.807, 2.05) is 30.3 Å². The maximum absolute atomic E-state index is 12.6. The van der Waals surface area contributed by atoms with Crippen molar-refractivity contribution in [2.24, 2.45) is 5.10 Å². The number of hydrogen-bond donors (Lipinski definition) is 3. The Morgan fingerprint density at radius 3 is 2.42 bits per heavy atom. The van der Waals surface area contributed by atoms with Crippen LogP contribution in [0.1, 0.15) is 30.9 Å². The minimum Gasteiger partial charge on any atom is -0.505 e. The van der Waals surface area contributed by atoms with Crippen LogP contribution in [0.3, 0.4) is 0 Å². The van der Waals surface area contributed by atoms with Crippen molar-refractivity contribution in [2.75, 3.05) is 11.9 Å². The van der Waals surface area contributed by atoms with E-state index in [0.717, 1.165) is 12.0 Å². The van der Waals surface area contributed by atoms with Crippen LogP contribution in [-0.4, -0.2) is 39.4 Å². The lowest BCUT2D eigenvalue weighted by molar-refractivity contribution is -0.137. The number of rotatable bonds is 10. The normalized spacial score (nSPS) is 14.2. The van der Waals surface area contributed by atoms with Crippen molar-refractivity contribution >= 4 is 23.3 Å². The first-order valence-corrected chi connectivity index (χ1v) is 11.9. The molecule has 0 saturated carbocycles. The van der Waals surface area contributed by atoms with E-state index in [4.69, 9.17) is 5.11 Å². The summed E-state index contributed by atoms with van der Waals surface area (Å²) >= 11 is 0. The van der Waals surface area contributed by atoms with Gasteiger partial charge in [-0.2, -0.15) is 5.10 Å². The van der Waals surface area contributed by atoms with Gasteiger partial charge in [0.05, 0.1) is 17.0 Å². The molecule has 0 spiro atoms. The topological polar surface area (TPSA) is 102 Å². The van der Waals surface area contributed by atoms with E-state index >= 15 is 0 Å². The van der Waals surface area contributed by atoms with Crippen LogP contribution < -0.4 is 5.32 Å². The van der Waals surface area contributed by atoms with Crippen LogP contribution in [0.5, 0.6) is 5.75 Å². The fourth-order valence-electron chi connectivity index (χ4n) is 4.10. The van der Waals surface area contributed by atoms with Crippen molar-refractivity contribution in [3.63, 3.8) is 0 Å². The highest BCUT2D eigenvalue weighted by Gasteiger charge is 2.27. The molecule has 7 nitrogen and oxygen atoms in total. The Balaban J connectivity index is 1.37. The second kappa shape index (κ2) is 11.4. The number of phenolic OH excluding ortho intramolecular Hbond substituents is 1. The van der Waals surface area contributed by atoms with E-state index in [0.29, 0.717) is 29.8 Å². The van der Waals surface area contributed by atoms with Gasteiger partial charge in [0.15, 0.2) is 0 Å². The third-order valence-corrected chi connectivity index (χ3v) is 6.12. The van der Waals surface area contributed by atoms with E-state index in [2.05, 4.69) is 46.8 Å². The van der Waals surface area contributed by atoms with E-state index in [9.17, 15) is 14.7 Å². The summed E-state index contributed by atoms with van der Waals surface area (Å²) in [4.78, 5) is 23.3. The average molecular weight is 484 g/mol. The predicted molar refractivity (Wildman–Crippen MR) is 141 cm³/mol. The number of carbonyl (C=O) groups excluding carboxylic acids is 1. The van der Waals surface area contributed by atoms with Crippen molar-refractivity contribution in [3.05, 3.63) is 95.7 Å². The van der Waals surface area contributed by atoms with Gasteiger partial charge in [-0.3, -0.25) is 9.59 Å². The zero-order valence-electron chi connectivity index (χ0n) is 20.1. The molecule has 0 bridgehead atoms.